The van der Waals surface area contributed by atoms with E-state index in [9.17, 15) is 9.59 Å². The summed E-state index contributed by atoms with van der Waals surface area (Å²) in [6, 6.07) is 21.3. The fourth-order valence-corrected chi connectivity index (χ4v) is 4.15. The van der Waals surface area contributed by atoms with E-state index in [-0.39, 0.29) is 24.3 Å². The molecule has 1 N–H and O–H groups in total. The van der Waals surface area contributed by atoms with Gasteiger partial charge in [-0.25, -0.2) is 0 Å². The molecule has 166 valence electrons. The Hall–Kier alpha value is -3.54. The van der Waals surface area contributed by atoms with Gasteiger partial charge in [-0.1, -0.05) is 48.5 Å². The molecule has 1 aliphatic heterocycles. The third kappa shape index (κ3) is 5.02. The summed E-state index contributed by atoms with van der Waals surface area (Å²) in [4.78, 5) is 27.0. The first kappa shape index (κ1) is 21.7. The van der Waals surface area contributed by atoms with Gasteiger partial charge in [-0.05, 0) is 41.8 Å². The van der Waals surface area contributed by atoms with Crippen molar-refractivity contribution in [3.8, 4) is 11.5 Å². The molecule has 1 saturated heterocycles. The van der Waals surface area contributed by atoms with Gasteiger partial charge in [-0.2, -0.15) is 0 Å². The SMILES string of the molecule is COc1ccc2ccccc2c1CNC(=O)C1CCN(C(=O)COc2ccccc2)CC1. The second kappa shape index (κ2) is 10.2. The van der Waals surface area contributed by atoms with Crippen molar-refractivity contribution < 1.29 is 19.1 Å². The van der Waals surface area contributed by atoms with Gasteiger partial charge in [0.1, 0.15) is 11.5 Å². The smallest absolute Gasteiger partial charge is 0.260 e. The number of nitrogens with one attached hydrogen (secondary N) is 1. The van der Waals surface area contributed by atoms with Crippen LogP contribution < -0.4 is 14.8 Å². The summed E-state index contributed by atoms with van der Waals surface area (Å²) in [5, 5.41) is 5.27. The Morgan fingerprint density at radius 3 is 2.44 bits per heavy atom. The maximum atomic E-state index is 12.8. The minimum absolute atomic E-state index is 0.0156. The van der Waals surface area contributed by atoms with Crippen LogP contribution in [-0.2, 0) is 16.1 Å². The summed E-state index contributed by atoms with van der Waals surface area (Å²) in [6.45, 7) is 1.55. The molecule has 6 nitrogen and oxygen atoms in total. The van der Waals surface area contributed by atoms with Crippen molar-refractivity contribution in [3.63, 3.8) is 0 Å². The van der Waals surface area contributed by atoms with Gasteiger partial charge >= 0.3 is 0 Å². The highest BCUT2D eigenvalue weighted by atomic mass is 16.5. The molecule has 3 aromatic carbocycles. The largest absolute Gasteiger partial charge is 0.496 e. The summed E-state index contributed by atoms with van der Waals surface area (Å²) in [5.74, 6) is 1.32. The molecule has 6 heteroatoms. The zero-order valence-corrected chi connectivity index (χ0v) is 18.3. The molecule has 1 heterocycles. The van der Waals surface area contributed by atoms with E-state index in [0.717, 1.165) is 22.1 Å². The number of benzene rings is 3. The topological polar surface area (TPSA) is 67.9 Å². The fourth-order valence-electron chi connectivity index (χ4n) is 4.15. The van der Waals surface area contributed by atoms with Crippen LogP contribution in [0.2, 0.25) is 0 Å². The van der Waals surface area contributed by atoms with Crippen LogP contribution in [0.1, 0.15) is 18.4 Å². The second-order valence-corrected chi connectivity index (χ2v) is 7.94. The Kier molecular flexibility index (Phi) is 6.90. The number of hydrogen-bond donors (Lipinski definition) is 1. The summed E-state index contributed by atoms with van der Waals surface area (Å²) in [6.07, 6.45) is 1.30. The number of nitrogens with zero attached hydrogens (tertiary/aromatic N) is 1. The summed E-state index contributed by atoms with van der Waals surface area (Å²) < 4.78 is 11.1. The highest BCUT2D eigenvalue weighted by Gasteiger charge is 2.27. The molecule has 0 spiro atoms. The summed E-state index contributed by atoms with van der Waals surface area (Å²) in [5.41, 5.74) is 0.977. The maximum absolute atomic E-state index is 12.8. The quantitative estimate of drug-likeness (QED) is 0.617. The number of methoxy groups -OCH3 is 1. The molecule has 32 heavy (non-hydrogen) atoms. The molecule has 3 aromatic rings. The molecule has 0 radical (unpaired) electrons. The van der Waals surface area contributed by atoms with E-state index in [2.05, 4.69) is 5.32 Å². The van der Waals surface area contributed by atoms with Crippen LogP contribution in [0.25, 0.3) is 10.8 Å². The van der Waals surface area contributed by atoms with E-state index in [0.29, 0.717) is 38.2 Å². The van der Waals surface area contributed by atoms with E-state index >= 15 is 0 Å². The van der Waals surface area contributed by atoms with Gasteiger partial charge in [-0.3, -0.25) is 9.59 Å². The molecule has 0 unspecified atom stereocenters. The maximum Gasteiger partial charge on any atom is 0.260 e. The van der Waals surface area contributed by atoms with Crippen molar-refractivity contribution >= 4 is 22.6 Å². The first-order valence-corrected chi connectivity index (χ1v) is 10.9. The second-order valence-electron chi connectivity index (χ2n) is 7.94. The molecule has 0 atom stereocenters. The van der Waals surface area contributed by atoms with Crippen molar-refractivity contribution in [2.24, 2.45) is 5.92 Å². The average Bonchev–Trinajstić information content (AvgIpc) is 2.86. The van der Waals surface area contributed by atoms with Crippen LogP contribution in [0.15, 0.2) is 66.7 Å². The number of ether oxygens (including phenoxy) is 2. The summed E-state index contributed by atoms with van der Waals surface area (Å²) in [7, 11) is 1.64. The number of carbonyl (C=O) groups is 2. The molecule has 1 fully saturated rings. The molecule has 0 saturated carbocycles. The molecular formula is C26H28N2O4. The first-order chi connectivity index (χ1) is 15.7. The van der Waals surface area contributed by atoms with Crippen LogP contribution >= 0.6 is 0 Å². The van der Waals surface area contributed by atoms with Gasteiger partial charge < -0.3 is 19.7 Å². The molecule has 0 aliphatic carbocycles. The Morgan fingerprint density at radius 1 is 0.969 bits per heavy atom. The van der Waals surface area contributed by atoms with Crippen LogP contribution in [-0.4, -0.2) is 43.5 Å². The van der Waals surface area contributed by atoms with Gasteiger partial charge in [0.25, 0.3) is 5.91 Å². The number of hydrogen-bond acceptors (Lipinski definition) is 4. The highest BCUT2D eigenvalue weighted by molar-refractivity contribution is 5.88. The Labute approximate surface area is 188 Å². The minimum atomic E-state index is -0.102. The zero-order chi connectivity index (χ0) is 22.3. The van der Waals surface area contributed by atoms with Gasteiger partial charge in [0.15, 0.2) is 6.61 Å². The predicted molar refractivity (Wildman–Crippen MR) is 124 cm³/mol. The van der Waals surface area contributed by atoms with Crippen LogP contribution in [0.4, 0.5) is 0 Å². The number of rotatable bonds is 7. The number of piperidine rings is 1. The average molecular weight is 433 g/mol. The van der Waals surface area contributed by atoms with Crippen molar-refractivity contribution in [2.45, 2.75) is 19.4 Å². The van der Waals surface area contributed by atoms with Gasteiger partial charge in [0, 0.05) is 31.1 Å². The molecule has 4 rings (SSSR count). The third-order valence-corrected chi connectivity index (χ3v) is 5.98. The number of likely N-dealkylation sites (tertiary alicyclic amines) is 1. The Morgan fingerprint density at radius 2 is 1.69 bits per heavy atom. The van der Waals surface area contributed by atoms with E-state index in [1.54, 1.807) is 12.0 Å². The lowest BCUT2D eigenvalue weighted by molar-refractivity contribution is -0.137. The monoisotopic (exact) mass is 432 g/mol. The molecular weight excluding hydrogens is 404 g/mol. The standard InChI is InChI=1S/C26H28N2O4/c1-31-24-12-11-19-7-5-6-10-22(19)23(24)17-27-26(30)20-13-15-28(16-14-20)25(29)18-32-21-8-3-2-4-9-21/h2-12,20H,13-18H2,1H3,(H,27,30). The Bertz CT molecular complexity index is 1080. The minimum Gasteiger partial charge on any atom is -0.496 e. The number of fused-ring (bicyclic) bond motifs is 1. The van der Waals surface area contributed by atoms with Crippen LogP contribution in [0.5, 0.6) is 11.5 Å². The van der Waals surface area contributed by atoms with Gasteiger partial charge in [-0.15, -0.1) is 0 Å². The first-order valence-electron chi connectivity index (χ1n) is 10.9. The molecule has 0 bridgehead atoms. The lowest BCUT2D eigenvalue weighted by atomic mass is 9.95. The summed E-state index contributed by atoms with van der Waals surface area (Å²) >= 11 is 0. The van der Waals surface area contributed by atoms with Gasteiger partial charge in [0.05, 0.1) is 7.11 Å². The van der Waals surface area contributed by atoms with Crippen molar-refractivity contribution in [2.75, 3.05) is 26.8 Å². The molecule has 0 aromatic heterocycles. The van der Waals surface area contributed by atoms with Crippen molar-refractivity contribution in [3.05, 3.63) is 72.3 Å². The Balaban J connectivity index is 1.29. The molecule has 1 aliphatic rings. The van der Waals surface area contributed by atoms with E-state index in [1.165, 1.54) is 0 Å². The van der Waals surface area contributed by atoms with Crippen LogP contribution in [0, 0.1) is 5.92 Å². The number of amides is 2. The van der Waals surface area contributed by atoms with E-state index in [4.69, 9.17) is 9.47 Å². The van der Waals surface area contributed by atoms with E-state index < -0.39 is 0 Å². The normalized spacial score (nSPS) is 14.2. The lowest BCUT2D eigenvalue weighted by Crippen LogP contribution is -2.44. The van der Waals surface area contributed by atoms with Crippen LogP contribution in [0.3, 0.4) is 0 Å². The third-order valence-electron chi connectivity index (χ3n) is 5.98. The number of carbonyl (C=O) groups excluding carboxylic acids is 2. The lowest BCUT2D eigenvalue weighted by Gasteiger charge is -2.31. The highest BCUT2D eigenvalue weighted by Crippen LogP contribution is 2.28. The van der Waals surface area contributed by atoms with Crippen molar-refractivity contribution in [1.29, 1.82) is 0 Å². The van der Waals surface area contributed by atoms with Gasteiger partial charge in [0.2, 0.25) is 5.91 Å². The fraction of sp³-hybridized carbons (Fsp3) is 0.308. The number of para-hydroxylation sites is 1. The van der Waals surface area contributed by atoms with Crippen molar-refractivity contribution in [1.82, 2.24) is 10.2 Å². The zero-order valence-electron chi connectivity index (χ0n) is 18.3. The van der Waals surface area contributed by atoms with E-state index in [1.807, 2.05) is 66.7 Å². The molecule has 2 amide bonds. The predicted octanol–water partition coefficient (Wildman–Crippen LogP) is 3.78.